The van der Waals surface area contributed by atoms with Gasteiger partial charge in [-0.1, -0.05) is 29.8 Å². The number of benzene rings is 2. The van der Waals surface area contributed by atoms with Gasteiger partial charge in [-0.3, -0.25) is 4.79 Å². The summed E-state index contributed by atoms with van der Waals surface area (Å²) in [5.74, 6) is 0.238. The molecule has 0 amide bonds. The molecule has 0 N–H and O–H groups in total. The van der Waals surface area contributed by atoms with Crippen molar-refractivity contribution in [1.82, 2.24) is 0 Å². The van der Waals surface area contributed by atoms with Gasteiger partial charge in [-0.2, -0.15) is 5.26 Å². The van der Waals surface area contributed by atoms with E-state index in [1.807, 2.05) is 26.0 Å². The maximum atomic E-state index is 12.9. The van der Waals surface area contributed by atoms with E-state index < -0.39 is 0 Å². The molecule has 3 aromatic rings. The van der Waals surface area contributed by atoms with Gasteiger partial charge in [0.15, 0.2) is 12.4 Å². The molecule has 0 radical (unpaired) electrons. The van der Waals surface area contributed by atoms with Crippen molar-refractivity contribution < 1.29 is 9.15 Å². The number of ether oxygens (including phenoxy) is 1. The molecular formula is C19H14ClNO3. The molecule has 3 rings (SSSR count). The van der Waals surface area contributed by atoms with Crippen LogP contribution < -0.4 is 10.2 Å². The number of halogens is 1. The van der Waals surface area contributed by atoms with Crippen molar-refractivity contribution in [2.45, 2.75) is 13.8 Å². The summed E-state index contributed by atoms with van der Waals surface area (Å²) in [6, 6.07) is 12.6. The third-order valence-electron chi connectivity index (χ3n) is 3.69. The number of rotatable bonds is 3. The van der Waals surface area contributed by atoms with Gasteiger partial charge in [-0.25, -0.2) is 0 Å². The summed E-state index contributed by atoms with van der Waals surface area (Å²) < 4.78 is 11.4. The lowest BCUT2D eigenvalue weighted by atomic mass is 10.0. The molecule has 2 aromatic carbocycles. The Morgan fingerprint density at radius 2 is 2.00 bits per heavy atom. The van der Waals surface area contributed by atoms with Crippen LogP contribution in [0.4, 0.5) is 0 Å². The summed E-state index contributed by atoms with van der Waals surface area (Å²) in [6.45, 7) is 3.52. The summed E-state index contributed by atoms with van der Waals surface area (Å²) in [5, 5.41) is 9.69. The van der Waals surface area contributed by atoms with Gasteiger partial charge in [0.2, 0.25) is 11.2 Å². The minimum atomic E-state index is -0.307. The third kappa shape index (κ3) is 2.75. The fourth-order valence-electron chi connectivity index (χ4n) is 2.73. The second kappa shape index (κ2) is 6.38. The van der Waals surface area contributed by atoms with Crippen molar-refractivity contribution in [1.29, 1.82) is 5.26 Å². The first-order valence-electron chi connectivity index (χ1n) is 7.35. The van der Waals surface area contributed by atoms with Crippen molar-refractivity contribution in [2.24, 2.45) is 0 Å². The molecule has 5 heteroatoms. The van der Waals surface area contributed by atoms with Gasteiger partial charge in [-0.05, 0) is 43.2 Å². The molecule has 1 heterocycles. The molecule has 0 saturated carbocycles. The highest BCUT2D eigenvalue weighted by atomic mass is 35.5. The Balaban J connectivity index is 2.41. The number of nitriles is 1. The smallest absolute Gasteiger partial charge is 0.235 e. The van der Waals surface area contributed by atoms with Crippen LogP contribution in [0.3, 0.4) is 0 Å². The van der Waals surface area contributed by atoms with E-state index in [1.165, 1.54) is 0 Å². The van der Waals surface area contributed by atoms with Gasteiger partial charge in [-0.15, -0.1) is 0 Å². The minimum Gasteiger partial charge on any atom is -0.471 e. The van der Waals surface area contributed by atoms with Gasteiger partial charge in [0.25, 0.3) is 0 Å². The highest BCUT2D eigenvalue weighted by Crippen LogP contribution is 2.35. The number of hydrogen-bond acceptors (Lipinski definition) is 4. The van der Waals surface area contributed by atoms with Crippen molar-refractivity contribution in [3.05, 3.63) is 62.8 Å². The maximum Gasteiger partial charge on any atom is 0.235 e. The van der Waals surface area contributed by atoms with Crippen molar-refractivity contribution in [3.8, 4) is 23.1 Å². The topological polar surface area (TPSA) is 63.2 Å². The highest BCUT2D eigenvalue weighted by Gasteiger charge is 2.20. The van der Waals surface area contributed by atoms with Crippen LogP contribution in [-0.2, 0) is 0 Å². The quantitative estimate of drug-likeness (QED) is 0.697. The van der Waals surface area contributed by atoms with Crippen LogP contribution in [0.5, 0.6) is 5.75 Å². The van der Waals surface area contributed by atoms with Crippen LogP contribution in [0.25, 0.3) is 22.3 Å². The first kappa shape index (κ1) is 16.1. The van der Waals surface area contributed by atoms with Crippen LogP contribution in [-0.4, -0.2) is 6.61 Å². The molecular weight excluding hydrogens is 326 g/mol. The molecule has 1 aromatic heterocycles. The van der Waals surface area contributed by atoms with E-state index in [4.69, 9.17) is 26.0 Å². The Kier molecular flexibility index (Phi) is 4.28. The Hall–Kier alpha value is -2.77. The van der Waals surface area contributed by atoms with E-state index in [0.29, 0.717) is 21.6 Å². The number of aryl methyl sites for hydroxylation is 2. The molecule has 0 spiro atoms. The molecule has 4 nitrogen and oxygen atoms in total. The fourth-order valence-corrected chi connectivity index (χ4v) is 2.95. The van der Waals surface area contributed by atoms with Gasteiger partial charge in [0.05, 0.1) is 10.4 Å². The third-order valence-corrected chi connectivity index (χ3v) is 4.02. The molecule has 0 aliphatic heterocycles. The molecule has 0 aliphatic carbocycles. The molecule has 0 atom stereocenters. The van der Waals surface area contributed by atoms with Gasteiger partial charge in [0.1, 0.15) is 11.7 Å². The summed E-state index contributed by atoms with van der Waals surface area (Å²) in [5.41, 5.74) is 2.49. The first-order chi connectivity index (χ1) is 11.5. The van der Waals surface area contributed by atoms with Crippen LogP contribution in [0, 0.1) is 25.2 Å². The van der Waals surface area contributed by atoms with E-state index in [2.05, 4.69) is 0 Å². The Morgan fingerprint density at radius 1 is 1.25 bits per heavy atom. The van der Waals surface area contributed by atoms with E-state index in [-0.39, 0.29) is 23.5 Å². The monoisotopic (exact) mass is 339 g/mol. The van der Waals surface area contributed by atoms with Crippen LogP contribution in [0.15, 0.2) is 45.6 Å². The van der Waals surface area contributed by atoms with Gasteiger partial charge >= 0.3 is 0 Å². The second-order valence-corrected chi connectivity index (χ2v) is 5.88. The van der Waals surface area contributed by atoms with E-state index in [1.54, 1.807) is 30.3 Å². The van der Waals surface area contributed by atoms with Crippen LogP contribution >= 0.6 is 11.6 Å². The summed E-state index contributed by atoms with van der Waals surface area (Å²) >= 11 is 6.25. The predicted octanol–water partition coefficient (Wildman–Crippen LogP) is 4.63. The van der Waals surface area contributed by atoms with E-state index in [0.717, 1.165) is 11.1 Å². The number of hydrogen-bond donors (Lipinski definition) is 0. The van der Waals surface area contributed by atoms with Crippen molar-refractivity contribution in [2.75, 3.05) is 6.61 Å². The normalized spacial score (nSPS) is 10.6. The fraction of sp³-hybridized carbons (Fsp3) is 0.158. The number of nitrogens with zero attached hydrogens (tertiary/aromatic N) is 1. The molecule has 0 bridgehead atoms. The molecule has 24 heavy (non-hydrogen) atoms. The first-order valence-corrected chi connectivity index (χ1v) is 7.73. The number of fused-ring (bicyclic) bond motifs is 1. The lowest BCUT2D eigenvalue weighted by molar-refractivity contribution is 0.356. The van der Waals surface area contributed by atoms with E-state index in [9.17, 15) is 4.79 Å². The zero-order chi connectivity index (χ0) is 17.3. The molecule has 0 aliphatic rings. The Morgan fingerprint density at radius 3 is 2.71 bits per heavy atom. The average Bonchev–Trinajstić information content (AvgIpc) is 2.53. The van der Waals surface area contributed by atoms with Crippen molar-refractivity contribution in [3.63, 3.8) is 0 Å². The van der Waals surface area contributed by atoms with Crippen LogP contribution in [0.1, 0.15) is 11.1 Å². The summed E-state index contributed by atoms with van der Waals surface area (Å²) in [6.07, 6.45) is 0. The Labute approximate surface area is 143 Å². The lowest BCUT2D eigenvalue weighted by Crippen LogP contribution is -2.11. The molecule has 120 valence electrons. The maximum absolute atomic E-state index is 12.9. The lowest BCUT2D eigenvalue weighted by Gasteiger charge is -2.12. The second-order valence-electron chi connectivity index (χ2n) is 5.47. The SMILES string of the molecule is Cc1cc(C)c2c(=O)c(OCC#N)c(-c3ccccc3Cl)oc2c1. The summed E-state index contributed by atoms with van der Waals surface area (Å²) in [7, 11) is 0. The zero-order valence-corrected chi connectivity index (χ0v) is 14.0. The predicted molar refractivity (Wildman–Crippen MR) is 93.5 cm³/mol. The molecule has 0 saturated heterocycles. The van der Waals surface area contributed by atoms with Gasteiger partial charge in [0, 0.05) is 5.56 Å². The minimum absolute atomic E-state index is 0.00380. The largest absolute Gasteiger partial charge is 0.471 e. The average molecular weight is 340 g/mol. The zero-order valence-electron chi connectivity index (χ0n) is 13.2. The standard InChI is InChI=1S/C19H14ClNO3/c1-11-9-12(2)16-15(10-11)24-18(13-5-3-4-6-14(13)20)19(17(16)22)23-8-7-21/h3-6,9-10H,8H2,1-2H3. The Bertz CT molecular complexity index is 1030. The molecule has 0 unspecified atom stereocenters. The van der Waals surface area contributed by atoms with E-state index >= 15 is 0 Å². The van der Waals surface area contributed by atoms with Crippen molar-refractivity contribution >= 4 is 22.6 Å². The van der Waals surface area contributed by atoms with Crippen LogP contribution in [0.2, 0.25) is 5.02 Å². The summed E-state index contributed by atoms with van der Waals surface area (Å²) in [4.78, 5) is 12.9. The molecule has 0 fully saturated rings. The highest BCUT2D eigenvalue weighted by molar-refractivity contribution is 6.33. The van der Waals surface area contributed by atoms with Gasteiger partial charge < -0.3 is 9.15 Å².